The second-order valence-corrected chi connectivity index (χ2v) is 22.4. The van der Waals surface area contributed by atoms with Crippen LogP contribution in [0.3, 0.4) is 0 Å². The highest BCUT2D eigenvalue weighted by Crippen LogP contribution is 2.61. The zero-order valence-corrected chi connectivity index (χ0v) is 40.4. The number of fused-ring (bicyclic) bond motifs is 20. The third kappa shape index (κ3) is 4.83. The van der Waals surface area contributed by atoms with E-state index in [1.165, 1.54) is 111 Å². The molecule has 0 amide bonds. The molecular formula is C66H51NO2. The summed E-state index contributed by atoms with van der Waals surface area (Å²) in [6.45, 7) is 19.2. The van der Waals surface area contributed by atoms with Crippen LogP contribution in [0.2, 0.25) is 0 Å². The van der Waals surface area contributed by atoms with E-state index in [-0.39, 0.29) is 21.7 Å². The number of furan rings is 2. The topological polar surface area (TPSA) is 29.5 Å². The highest BCUT2D eigenvalue weighted by Gasteiger charge is 2.45. The maximum absolute atomic E-state index is 6.46. The first-order chi connectivity index (χ1) is 33.2. The Morgan fingerprint density at radius 3 is 1.13 bits per heavy atom. The molecule has 0 spiro atoms. The van der Waals surface area contributed by atoms with Crippen molar-refractivity contribution >= 4 is 60.9 Å². The van der Waals surface area contributed by atoms with Gasteiger partial charge < -0.3 is 13.7 Å². The van der Waals surface area contributed by atoms with Crippen LogP contribution in [0.15, 0.2) is 173 Å². The molecule has 15 rings (SSSR count). The Morgan fingerprint density at radius 1 is 0.290 bits per heavy atom. The maximum Gasteiger partial charge on any atom is 0.136 e. The largest absolute Gasteiger partial charge is 0.456 e. The summed E-state index contributed by atoms with van der Waals surface area (Å²) < 4.78 is 12.9. The molecule has 11 aromatic rings. The molecule has 0 N–H and O–H groups in total. The summed E-state index contributed by atoms with van der Waals surface area (Å²) >= 11 is 0. The lowest BCUT2D eigenvalue weighted by molar-refractivity contribution is 0.650. The Bertz CT molecular complexity index is 3880. The highest BCUT2D eigenvalue weighted by atomic mass is 16.3. The van der Waals surface area contributed by atoms with Crippen molar-refractivity contribution in [3.05, 3.63) is 208 Å². The molecule has 2 heterocycles. The van der Waals surface area contributed by atoms with Crippen molar-refractivity contribution in [2.75, 3.05) is 4.90 Å². The van der Waals surface area contributed by atoms with Crippen LogP contribution < -0.4 is 4.90 Å². The SMILES string of the molecule is CC1(C)c2cc(N(c3ccccc3)c3ccc4c(c3)C(C)(C)c3cc5c(cc3-4)C(C)(C)c3ccc4oc6ccccc6c4c3-5)ccc2-c2cc3c(cc21)-c1c(ccc2oc4ccccc4c12)C3(C)C. The van der Waals surface area contributed by atoms with Gasteiger partial charge in [-0.2, -0.15) is 0 Å². The van der Waals surface area contributed by atoms with Crippen LogP contribution in [0.25, 0.3) is 88.4 Å². The first-order valence-corrected chi connectivity index (χ1v) is 24.7. The molecule has 69 heavy (non-hydrogen) atoms. The number of anilines is 3. The fourth-order valence-corrected chi connectivity index (χ4v) is 13.8. The fourth-order valence-electron chi connectivity index (χ4n) is 13.8. The molecule has 0 fully saturated rings. The molecule has 0 bridgehead atoms. The van der Waals surface area contributed by atoms with Crippen LogP contribution in [0.1, 0.15) is 99.9 Å². The first kappa shape index (κ1) is 39.4. The van der Waals surface area contributed by atoms with Gasteiger partial charge in [0.05, 0.1) is 0 Å². The molecule has 3 nitrogen and oxygen atoms in total. The van der Waals surface area contributed by atoms with Crippen LogP contribution in [0.5, 0.6) is 0 Å². The van der Waals surface area contributed by atoms with Gasteiger partial charge in [0, 0.05) is 60.3 Å². The van der Waals surface area contributed by atoms with Gasteiger partial charge in [-0.1, -0.05) is 134 Å². The number of hydrogen-bond acceptors (Lipinski definition) is 3. The normalized spacial score (nSPS) is 16.6. The first-order valence-electron chi connectivity index (χ1n) is 24.7. The molecule has 0 saturated heterocycles. The number of rotatable bonds is 3. The predicted octanol–water partition coefficient (Wildman–Crippen LogP) is 18.2. The van der Waals surface area contributed by atoms with Gasteiger partial charge in [0.15, 0.2) is 0 Å². The zero-order chi connectivity index (χ0) is 46.7. The lowest BCUT2D eigenvalue weighted by Gasteiger charge is -2.29. The lowest BCUT2D eigenvalue weighted by Crippen LogP contribution is -2.18. The summed E-state index contributed by atoms with van der Waals surface area (Å²) in [4.78, 5) is 2.47. The fraction of sp³-hybridized carbons (Fsp3) is 0.182. The highest BCUT2D eigenvalue weighted by molar-refractivity contribution is 6.16. The quantitative estimate of drug-likeness (QED) is 0.177. The Labute approximate surface area is 402 Å². The maximum atomic E-state index is 6.46. The van der Waals surface area contributed by atoms with Crippen molar-refractivity contribution in [1.82, 2.24) is 0 Å². The minimum Gasteiger partial charge on any atom is -0.456 e. The molecule has 4 aliphatic carbocycles. The molecule has 9 aromatic carbocycles. The average Bonchev–Trinajstić information content (AvgIpc) is 4.13. The predicted molar refractivity (Wildman–Crippen MR) is 286 cm³/mol. The standard InChI is InChI=1S/C66H51NO2/c1-63(2)47-26-28-57-61(41-18-12-14-20-55(41)68-57)59(47)45-34-51-43(32-53(45)63)39-24-22-37(30-49(39)65(51,5)6)67(36-16-10-9-11-17-36)38-23-25-40-44-33-54-46(35-52(44)66(7,8)50(40)31-38)60-48(64(54,3)4)27-29-58-62(60)42-19-13-15-21-56(42)69-58/h9-35H,1-8H3. The molecule has 2 aromatic heterocycles. The number of hydrogen-bond donors (Lipinski definition) is 0. The second kappa shape index (κ2) is 12.7. The summed E-state index contributed by atoms with van der Waals surface area (Å²) in [5.74, 6) is 0. The van der Waals surface area contributed by atoms with Gasteiger partial charge in [-0.15, -0.1) is 0 Å². The molecule has 0 radical (unpaired) electrons. The van der Waals surface area contributed by atoms with Gasteiger partial charge in [0.1, 0.15) is 22.3 Å². The third-order valence-electron chi connectivity index (χ3n) is 17.4. The van der Waals surface area contributed by atoms with E-state index in [0.29, 0.717) is 0 Å². The van der Waals surface area contributed by atoms with Crippen molar-refractivity contribution in [3.8, 4) is 44.5 Å². The van der Waals surface area contributed by atoms with Crippen LogP contribution >= 0.6 is 0 Å². The van der Waals surface area contributed by atoms with Crippen LogP contribution in [-0.4, -0.2) is 0 Å². The Balaban J connectivity index is 0.859. The van der Waals surface area contributed by atoms with Crippen molar-refractivity contribution in [2.24, 2.45) is 0 Å². The third-order valence-corrected chi connectivity index (χ3v) is 17.4. The van der Waals surface area contributed by atoms with E-state index in [1.807, 2.05) is 0 Å². The van der Waals surface area contributed by atoms with Gasteiger partial charge in [-0.3, -0.25) is 0 Å². The summed E-state index contributed by atoms with van der Waals surface area (Å²) in [5, 5.41) is 4.83. The monoisotopic (exact) mass is 889 g/mol. The number of para-hydroxylation sites is 3. The van der Waals surface area contributed by atoms with Gasteiger partial charge >= 0.3 is 0 Å². The minimum absolute atomic E-state index is 0.161. The van der Waals surface area contributed by atoms with Crippen molar-refractivity contribution in [2.45, 2.75) is 77.0 Å². The Hall–Kier alpha value is -7.62. The van der Waals surface area contributed by atoms with Crippen LogP contribution in [0, 0.1) is 0 Å². The molecule has 0 unspecified atom stereocenters. The number of benzene rings is 9. The van der Waals surface area contributed by atoms with E-state index in [4.69, 9.17) is 8.83 Å². The molecule has 332 valence electrons. The van der Waals surface area contributed by atoms with Gasteiger partial charge in [-0.05, 0) is 174 Å². The minimum atomic E-state index is -0.236. The lowest BCUT2D eigenvalue weighted by atomic mass is 9.79. The Kier molecular flexibility index (Phi) is 7.26. The molecular weight excluding hydrogens is 839 g/mol. The van der Waals surface area contributed by atoms with E-state index < -0.39 is 0 Å². The number of nitrogens with zero attached hydrogens (tertiary/aromatic N) is 1. The summed E-state index contributed by atoms with van der Waals surface area (Å²) in [7, 11) is 0. The van der Waals surface area contributed by atoms with E-state index in [9.17, 15) is 0 Å². The molecule has 0 aliphatic heterocycles. The van der Waals surface area contributed by atoms with Crippen molar-refractivity contribution in [3.63, 3.8) is 0 Å². The summed E-state index contributed by atoms with van der Waals surface area (Å²) in [6.07, 6.45) is 0. The molecule has 0 saturated carbocycles. The zero-order valence-electron chi connectivity index (χ0n) is 40.4. The van der Waals surface area contributed by atoms with Crippen LogP contribution in [0.4, 0.5) is 17.1 Å². The van der Waals surface area contributed by atoms with Crippen LogP contribution in [-0.2, 0) is 21.7 Å². The van der Waals surface area contributed by atoms with Gasteiger partial charge in [-0.25, -0.2) is 0 Å². The van der Waals surface area contributed by atoms with Crippen molar-refractivity contribution < 1.29 is 8.83 Å². The molecule has 3 heteroatoms. The second-order valence-electron chi connectivity index (χ2n) is 22.4. The summed E-state index contributed by atoms with van der Waals surface area (Å²) in [5.41, 5.74) is 28.1. The summed E-state index contributed by atoms with van der Waals surface area (Å²) in [6, 6.07) is 61.5. The molecule has 0 atom stereocenters. The van der Waals surface area contributed by atoms with Gasteiger partial charge in [0.2, 0.25) is 0 Å². The van der Waals surface area contributed by atoms with E-state index in [1.54, 1.807) is 0 Å². The molecule has 4 aliphatic rings. The van der Waals surface area contributed by atoms with E-state index >= 15 is 0 Å². The van der Waals surface area contributed by atoms with Crippen molar-refractivity contribution in [1.29, 1.82) is 0 Å². The smallest absolute Gasteiger partial charge is 0.136 e. The Morgan fingerprint density at radius 2 is 0.667 bits per heavy atom. The van der Waals surface area contributed by atoms with Gasteiger partial charge in [0.25, 0.3) is 0 Å². The van der Waals surface area contributed by atoms with E-state index in [2.05, 4.69) is 224 Å². The van der Waals surface area contributed by atoms with E-state index in [0.717, 1.165) is 39.4 Å². The average molecular weight is 890 g/mol.